The van der Waals surface area contributed by atoms with Crippen LogP contribution in [0, 0.1) is 5.92 Å². The predicted octanol–water partition coefficient (Wildman–Crippen LogP) is 4.36. The van der Waals surface area contributed by atoms with E-state index in [-0.39, 0.29) is 38.0 Å². The Morgan fingerprint density at radius 1 is 0.955 bits per heavy atom. The van der Waals surface area contributed by atoms with Gasteiger partial charge in [-0.1, -0.05) is 31.5 Å². The summed E-state index contributed by atoms with van der Waals surface area (Å²) in [5, 5.41) is 10.6. The molecule has 2 aromatic rings. The molecule has 3 aliphatic heterocycles. The molecule has 1 saturated heterocycles. The van der Waals surface area contributed by atoms with Crippen LogP contribution in [0.25, 0.3) is 0 Å². The lowest BCUT2D eigenvalue weighted by atomic mass is 9.83. The number of amides is 1. The molecule has 10 heteroatoms. The van der Waals surface area contributed by atoms with Crippen LogP contribution >= 0.6 is 0 Å². The molecule has 1 fully saturated rings. The second-order valence-corrected chi connectivity index (χ2v) is 13.2. The predicted molar refractivity (Wildman–Crippen MR) is 166 cm³/mol. The lowest BCUT2D eigenvalue weighted by Gasteiger charge is -2.30. The van der Waals surface area contributed by atoms with Gasteiger partial charge in [0.15, 0.2) is 23.0 Å². The van der Waals surface area contributed by atoms with Gasteiger partial charge in [0.05, 0.1) is 40.2 Å². The van der Waals surface area contributed by atoms with Crippen LogP contribution in [0.2, 0.25) is 0 Å². The molecule has 1 N–H and O–H groups in total. The standard InChI is InChI=1S/C34H47N3O7/c1-5-6-16-35(17-7-8-18-37(2,3)4)31(38)21-36-20-26(25-13-15-28-30(19-25)43-22-41-28)32(34(39)40)27(36)14-12-24-10-9-11-29-33(24)44-23-42-29/h9-11,13,15,19,26-27,32H,5-8,12,14,16-18,20-23H2,1-4H3/p+1/t26-,27+,32-/m1/s1. The number of benzene rings is 2. The Morgan fingerprint density at radius 3 is 2.48 bits per heavy atom. The highest BCUT2D eigenvalue weighted by atomic mass is 16.7. The molecule has 240 valence electrons. The molecule has 3 atom stereocenters. The number of hydrogen-bond donors (Lipinski definition) is 1. The van der Waals surface area contributed by atoms with Crippen molar-refractivity contribution < 1.29 is 38.1 Å². The third-order valence-electron chi connectivity index (χ3n) is 9.03. The normalized spacial score (nSPS) is 20.7. The highest BCUT2D eigenvalue weighted by molar-refractivity contribution is 5.79. The van der Waals surface area contributed by atoms with Crippen molar-refractivity contribution in [2.24, 2.45) is 5.92 Å². The second kappa shape index (κ2) is 14.1. The van der Waals surface area contributed by atoms with Crippen LogP contribution in [0.5, 0.6) is 23.0 Å². The fourth-order valence-electron chi connectivity index (χ4n) is 6.70. The van der Waals surface area contributed by atoms with Crippen molar-refractivity contribution in [3.63, 3.8) is 0 Å². The first-order valence-corrected chi connectivity index (χ1v) is 16.0. The molecule has 2 aromatic carbocycles. The highest BCUT2D eigenvalue weighted by Gasteiger charge is 2.47. The van der Waals surface area contributed by atoms with Gasteiger partial charge in [-0.3, -0.25) is 14.5 Å². The van der Waals surface area contributed by atoms with E-state index in [2.05, 4.69) is 33.0 Å². The Hall–Kier alpha value is -3.50. The number of rotatable bonds is 15. The summed E-state index contributed by atoms with van der Waals surface area (Å²) in [7, 11) is 6.56. The Balaban J connectivity index is 1.37. The molecular weight excluding hydrogens is 562 g/mol. The minimum Gasteiger partial charge on any atom is -0.481 e. The summed E-state index contributed by atoms with van der Waals surface area (Å²) in [6.07, 6.45) is 5.14. The van der Waals surface area contributed by atoms with Gasteiger partial charge in [-0.25, -0.2) is 0 Å². The number of nitrogens with zero attached hydrogens (tertiary/aromatic N) is 3. The number of carbonyl (C=O) groups is 2. The molecule has 0 saturated carbocycles. The number of para-hydroxylation sites is 1. The average molecular weight is 611 g/mol. The van der Waals surface area contributed by atoms with Crippen LogP contribution in [0.1, 0.15) is 56.1 Å². The summed E-state index contributed by atoms with van der Waals surface area (Å²) in [6, 6.07) is 11.2. The molecular formula is C34H48N3O7+. The van der Waals surface area contributed by atoms with E-state index >= 15 is 0 Å². The first-order chi connectivity index (χ1) is 21.1. The SMILES string of the molecule is CCCCN(CCCC[N+](C)(C)C)C(=O)CN1C[C@H](c2ccc3c(c2)OCO3)[C@@H](C(=O)O)[C@@H]1CCc1cccc2c1OCO2. The molecule has 1 amide bonds. The second-order valence-electron chi connectivity index (χ2n) is 13.2. The zero-order valence-electron chi connectivity index (χ0n) is 26.6. The molecule has 0 aliphatic carbocycles. The summed E-state index contributed by atoms with van der Waals surface area (Å²) < 4.78 is 23.3. The number of aryl methyl sites for hydroxylation is 1. The Kier molecular flexibility index (Phi) is 10.2. The molecule has 3 aliphatic rings. The molecule has 0 spiro atoms. The van der Waals surface area contributed by atoms with Gasteiger partial charge in [-0.2, -0.15) is 0 Å². The lowest BCUT2D eigenvalue weighted by molar-refractivity contribution is -0.870. The van der Waals surface area contributed by atoms with Crippen LogP contribution in [0.15, 0.2) is 36.4 Å². The van der Waals surface area contributed by atoms with Crippen LogP contribution in [0.4, 0.5) is 0 Å². The van der Waals surface area contributed by atoms with E-state index in [4.69, 9.17) is 18.9 Å². The van der Waals surface area contributed by atoms with Gasteiger partial charge in [0.1, 0.15) is 0 Å². The molecule has 0 radical (unpaired) electrons. The number of aliphatic carboxylic acids is 1. The smallest absolute Gasteiger partial charge is 0.308 e. The Morgan fingerprint density at radius 2 is 1.70 bits per heavy atom. The molecule has 3 heterocycles. The van der Waals surface area contributed by atoms with Crippen LogP contribution in [0.3, 0.4) is 0 Å². The average Bonchev–Trinajstić information content (AvgIpc) is 3.73. The number of carboxylic acid groups (broad SMARTS) is 1. The van der Waals surface area contributed by atoms with Crippen LogP contribution < -0.4 is 18.9 Å². The van der Waals surface area contributed by atoms with E-state index < -0.39 is 11.9 Å². The van der Waals surface area contributed by atoms with E-state index in [0.717, 1.165) is 66.7 Å². The first-order valence-electron chi connectivity index (χ1n) is 16.0. The maximum atomic E-state index is 13.9. The number of likely N-dealkylation sites (tertiary alicyclic amines) is 1. The van der Waals surface area contributed by atoms with Gasteiger partial charge in [0, 0.05) is 31.6 Å². The Labute approximate surface area is 261 Å². The maximum absolute atomic E-state index is 13.9. The van der Waals surface area contributed by atoms with E-state index in [1.807, 2.05) is 41.3 Å². The number of ether oxygens (including phenoxy) is 4. The summed E-state index contributed by atoms with van der Waals surface area (Å²) in [6.45, 7) is 5.65. The van der Waals surface area contributed by atoms with Gasteiger partial charge in [-0.05, 0) is 61.4 Å². The van der Waals surface area contributed by atoms with Crippen molar-refractivity contribution >= 4 is 11.9 Å². The van der Waals surface area contributed by atoms with Gasteiger partial charge in [0.25, 0.3) is 0 Å². The summed E-state index contributed by atoms with van der Waals surface area (Å²) in [5.41, 5.74) is 1.88. The molecule has 0 aromatic heterocycles. The van der Waals surface area contributed by atoms with Gasteiger partial charge in [0.2, 0.25) is 19.5 Å². The van der Waals surface area contributed by atoms with Gasteiger partial charge >= 0.3 is 5.97 Å². The topological polar surface area (TPSA) is 97.8 Å². The summed E-state index contributed by atoms with van der Waals surface area (Å²) in [5.74, 6) is 0.974. The van der Waals surface area contributed by atoms with E-state index in [1.54, 1.807) is 0 Å². The van der Waals surface area contributed by atoms with Crippen molar-refractivity contribution in [3.8, 4) is 23.0 Å². The number of carbonyl (C=O) groups excluding carboxylic acids is 1. The lowest BCUT2D eigenvalue weighted by Crippen LogP contribution is -2.45. The zero-order valence-corrected chi connectivity index (χ0v) is 26.6. The molecule has 0 unspecified atom stereocenters. The fraction of sp³-hybridized carbons (Fsp3) is 0.588. The minimum absolute atomic E-state index is 0.0708. The van der Waals surface area contributed by atoms with E-state index in [1.165, 1.54) is 0 Å². The number of quaternary nitrogens is 1. The van der Waals surface area contributed by atoms with Crippen molar-refractivity contribution in [2.45, 2.75) is 57.4 Å². The third-order valence-corrected chi connectivity index (χ3v) is 9.03. The Bertz CT molecular complexity index is 1310. The van der Waals surface area contributed by atoms with Crippen molar-refractivity contribution in [2.75, 3.05) is 67.5 Å². The number of fused-ring (bicyclic) bond motifs is 2. The third kappa shape index (κ3) is 7.58. The van der Waals surface area contributed by atoms with Crippen molar-refractivity contribution in [3.05, 3.63) is 47.5 Å². The van der Waals surface area contributed by atoms with Gasteiger partial charge in [-0.15, -0.1) is 0 Å². The maximum Gasteiger partial charge on any atom is 0.308 e. The minimum atomic E-state index is -0.853. The molecule has 44 heavy (non-hydrogen) atoms. The quantitative estimate of drug-likeness (QED) is 0.235. The van der Waals surface area contributed by atoms with Gasteiger partial charge < -0.3 is 33.4 Å². The first kappa shape index (κ1) is 31.9. The number of hydrogen-bond acceptors (Lipinski definition) is 7. The number of unbranched alkanes of at least 4 members (excludes halogenated alkanes) is 2. The monoisotopic (exact) mass is 610 g/mol. The highest BCUT2D eigenvalue weighted by Crippen LogP contribution is 2.44. The van der Waals surface area contributed by atoms with E-state index in [9.17, 15) is 14.7 Å². The largest absolute Gasteiger partial charge is 0.481 e. The molecule has 10 nitrogen and oxygen atoms in total. The van der Waals surface area contributed by atoms with Crippen molar-refractivity contribution in [1.82, 2.24) is 9.80 Å². The zero-order chi connectivity index (χ0) is 31.3. The molecule has 5 rings (SSSR count). The number of carboxylic acids is 1. The van der Waals surface area contributed by atoms with Crippen molar-refractivity contribution in [1.29, 1.82) is 0 Å². The fourth-order valence-corrected chi connectivity index (χ4v) is 6.70. The summed E-state index contributed by atoms with van der Waals surface area (Å²) >= 11 is 0. The van der Waals surface area contributed by atoms with Crippen LogP contribution in [-0.2, 0) is 16.0 Å². The molecule has 0 bridgehead atoms. The van der Waals surface area contributed by atoms with Crippen LogP contribution in [-0.4, -0.2) is 105 Å². The summed E-state index contributed by atoms with van der Waals surface area (Å²) in [4.78, 5) is 31.0. The van der Waals surface area contributed by atoms with E-state index in [0.29, 0.717) is 36.6 Å².